The van der Waals surface area contributed by atoms with Crippen molar-refractivity contribution in [3.63, 3.8) is 0 Å². The summed E-state index contributed by atoms with van der Waals surface area (Å²) in [4.78, 5) is 0. The third-order valence-electron chi connectivity index (χ3n) is 2.68. The van der Waals surface area contributed by atoms with Gasteiger partial charge >= 0.3 is 19.0 Å². The first-order valence-corrected chi connectivity index (χ1v) is 5.80. The van der Waals surface area contributed by atoms with Crippen LogP contribution in [0, 0.1) is 6.92 Å². The van der Waals surface area contributed by atoms with Gasteiger partial charge in [-0.2, -0.15) is 13.2 Å². The van der Waals surface area contributed by atoms with E-state index in [2.05, 4.69) is 49.3 Å². The summed E-state index contributed by atoms with van der Waals surface area (Å²) in [5.74, 6) is -5.26. The van der Waals surface area contributed by atoms with E-state index in [1.54, 1.807) is 0 Å². The van der Waals surface area contributed by atoms with Crippen molar-refractivity contribution in [1.29, 1.82) is 0 Å². The van der Waals surface area contributed by atoms with Crippen LogP contribution in [0.5, 0.6) is 0 Å². The van der Waals surface area contributed by atoms with Crippen LogP contribution in [0.3, 0.4) is 0 Å². The highest BCUT2D eigenvalue weighted by atomic mass is 19.4. The number of alkyl halides is 5. The molecular formula is C10H15BF8N2. The summed E-state index contributed by atoms with van der Waals surface area (Å²) in [5.41, 5.74) is 0. The molecule has 0 spiro atoms. The van der Waals surface area contributed by atoms with Crippen molar-refractivity contribution in [2.24, 2.45) is 7.05 Å². The van der Waals surface area contributed by atoms with E-state index in [1.165, 1.54) is 5.82 Å². The van der Waals surface area contributed by atoms with E-state index in [1.807, 2.05) is 0 Å². The van der Waals surface area contributed by atoms with Gasteiger partial charge in [0.2, 0.25) is 0 Å². The number of halogens is 8. The number of aromatic nitrogens is 2. The maximum absolute atomic E-state index is 11.2. The number of hydrogen-bond acceptors (Lipinski definition) is 0. The van der Waals surface area contributed by atoms with Gasteiger partial charge in [-0.15, -0.1) is 0 Å². The molecule has 1 aromatic rings. The van der Waals surface area contributed by atoms with Crippen molar-refractivity contribution in [2.45, 2.75) is 38.8 Å². The van der Waals surface area contributed by atoms with E-state index in [0.29, 0.717) is 6.04 Å². The lowest BCUT2D eigenvalue weighted by molar-refractivity contribution is -0.677. The maximum atomic E-state index is 11.2. The fourth-order valence-electron chi connectivity index (χ4n) is 1.30. The summed E-state index contributed by atoms with van der Waals surface area (Å²) < 4.78 is 92.2. The van der Waals surface area contributed by atoms with Crippen molar-refractivity contribution in [2.75, 3.05) is 0 Å². The molecule has 0 bridgehead atoms. The van der Waals surface area contributed by atoms with Gasteiger partial charge in [-0.1, -0.05) is 0 Å². The Morgan fingerprint density at radius 3 is 1.62 bits per heavy atom. The molecule has 0 atom stereocenters. The van der Waals surface area contributed by atoms with Crippen molar-refractivity contribution < 1.29 is 39.5 Å². The molecule has 0 N–H and O–H groups in total. The highest BCUT2D eigenvalue weighted by Gasteiger charge is 2.69. The third-order valence-corrected chi connectivity index (χ3v) is 2.68. The molecule has 2 nitrogen and oxygen atoms in total. The van der Waals surface area contributed by atoms with Crippen LogP contribution in [0.2, 0.25) is 0 Å². The van der Waals surface area contributed by atoms with E-state index in [-0.39, 0.29) is 0 Å². The Kier molecular flexibility index (Phi) is 5.84. The molecule has 1 heterocycles. The summed E-state index contributed by atoms with van der Waals surface area (Å²) in [6.07, 6.45) is -2.36. The minimum atomic E-state index is -7.21. The molecule has 0 saturated heterocycles. The van der Waals surface area contributed by atoms with Gasteiger partial charge in [-0.25, -0.2) is 17.9 Å². The fraction of sp³-hybridized carbons (Fsp3) is 0.700. The molecule has 0 aliphatic heterocycles. The van der Waals surface area contributed by atoms with E-state index >= 15 is 0 Å². The zero-order valence-electron chi connectivity index (χ0n) is 11.7. The summed E-state index contributed by atoms with van der Waals surface area (Å²) in [5, 5.41) is 0. The summed E-state index contributed by atoms with van der Waals surface area (Å²) >= 11 is 0. The highest BCUT2D eigenvalue weighted by Crippen LogP contribution is 2.43. The average Bonchev–Trinajstić information content (AvgIpc) is 2.57. The lowest BCUT2D eigenvalue weighted by atomic mass is 9.80. The molecule has 21 heavy (non-hydrogen) atoms. The number of imidazole rings is 1. The van der Waals surface area contributed by atoms with Crippen molar-refractivity contribution in [1.82, 2.24) is 4.57 Å². The van der Waals surface area contributed by atoms with Crippen LogP contribution in [-0.4, -0.2) is 23.5 Å². The van der Waals surface area contributed by atoms with Gasteiger partial charge in [0.05, 0.1) is 13.1 Å². The van der Waals surface area contributed by atoms with Crippen LogP contribution < -0.4 is 4.57 Å². The summed E-state index contributed by atoms with van der Waals surface area (Å²) in [7, 11) is 2.06. The maximum Gasteiger partial charge on any atom is 0.558 e. The van der Waals surface area contributed by atoms with Crippen LogP contribution in [0.15, 0.2) is 12.4 Å². The van der Waals surface area contributed by atoms with Crippen LogP contribution in [0.25, 0.3) is 0 Å². The predicted octanol–water partition coefficient (Wildman–Crippen LogP) is 3.77. The molecule has 0 amide bonds. The second-order valence-electron chi connectivity index (χ2n) is 4.65. The Morgan fingerprint density at radius 1 is 1.10 bits per heavy atom. The molecule has 0 unspecified atom stereocenters. The molecule has 11 heteroatoms. The van der Waals surface area contributed by atoms with E-state index in [0.717, 1.165) is 0 Å². The summed E-state index contributed by atoms with van der Waals surface area (Å²) in [6.45, 7) is -0.708. The van der Waals surface area contributed by atoms with Gasteiger partial charge < -0.3 is 12.9 Å². The molecule has 0 aliphatic carbocycles. The minimum Gasteiger partial charge on any atom is -0.445 e. The van der Waals surface area contributed by atoms with Gasteiger partial charge in [0.1, 0.15) is 12.4 Å². The smallest absolute Gasteiger partial charge is 0.445 e. The topological polar surface area (TPSA) is 8.81 Å². The van der Waals surface area contributed by atoms with Crippen molar-refractivity contribution >= 4 is 6.98 Å². The Hall–Kier alpha value is -1.29. The lowest BCUT2D eigenvalue weighted by Gasteiger charge is -2.28. The fourth-order valence-corrected chi connectivity index (χ4v) is 1.30. The Morgan fingerprint density at radius 2 is 1.52 bits per heavy atom. The van der Waals surface area contributed by atoms with E-state index in [9.17, 15) is 34.9 Å². The lowest BCUT2D eigenvalue weighted by Crippen LogP contribution is -2.53. The molecule has 0 radical (unpaired) electrons. The van der Waals surface area contributed by atoms with Gasteiger partial charge in [0.15, 0.2) is 0 Å². The second-order valence-corrected chi connectivity index (χ2v) is 4.65. The molecule has 124 valence electrons. The first-order valence-electron chi connectivity index (χ1n) is 5.80. The van der Waals surface area contributed by atoms with Gasteiger partial charge in [0, 0.05) is 6.92 Å². The largest absolute Gasteiger partial charge is 0.558 e. The van der Waals surface area contributed by atoms with E-state index in [4.69, 9.17) is 0 Å². The van der Waals surface area contributed by atoms with E-state index < -0.39 is 19.0 Å². The molecule has 0 saturated carbocycles. The van der Waals surface area contributed by atoms with Crippen LogP contribution >= 0.6 is 0 Å². The first kappa shape index (κ1) is 19.7. The number of aryl methyl sites for hydroxylation is 1. The minimum absolute atomic E-state index is 0.571. The van der Waals surface area contributed by atoms with Gasteiger partial charge in [0.25, 0.3) is 5.82 Å². The zero-order chi connectivity index (χ0) is 17.2. The number of hydrogen-bond donors (Lipinski definition) is 0. The molecule has 0 aliphatic rings. The quantitative estimate of drug-likeness (QED) is 0.444. The Balaban J connectivity index is 0.000000382. The zero-order valence-corrected chi connectivity index (χ0v) is 11.7. The number of nitrogens with zero attached hydrogens (tertiary/aromatic N) is 2. The molecule has 0 fully saturated rings. The SMILES string of the molecule is Cc1n(C(C)C)cc[n+]1C.F[B-](F)(F)C(F)(F)C(F)(F)F. The van der Waals surface area contributed by atoms with Gasteiger partial charge in [-0.05, 0) is 13.8 Å². The standard InChI is InChI=1S/C8H15N2.C2BF8/c1-7(2)10-6-5-9(4)8(10)3;4-1(5,2(6,7)8)3(9,10)11/h5-7H,1-4H3;/q+1;-1. The second kappa shape index (κ2) is 6.23. The monoisotopic (exact) mass is 326 g/mol. The Bertz CT molecular complexity index is 445. The molecular weight excluding hydrogens is 311 g/mol. The van der Waals surface area contributed by atoms with Crippen molar-refractivity contribution in [3.8, 4) is 0 Å². The average molecular weight is 326 g/mol. The van der Waals surface area contributed by atoms with Crippen LogP contribution in [0.4, 0.5) is 34.9 Å². The first-order chi connectivity index (χ1) is 9.13. The molecule has 0 aromatic carbocycles. The van der Waals surface area contributed by atoms with Crippen LogP contribution in [0.1, 0.15) is 25.7 Å². The predicted molar refractivity (Wildman–Crippen MR) is 60.8 cm³/mol. The number of rotatable bonds is 2. The Labute approximate surface area is 116 Å². The summed E-state index contributed by atoms with van der Waals surface area (Å²) in [6, 6.07) is 0.571. The normalized spacial score (nSPS) is 13.2. The molecule has 1 rings (SSSR count). The highest BCUT2D eigenvalue weighted by molar-refractivity contribution is 6.61. The molecule has 1 aromatic heterocycles. The van der Waals surface area contributed by atoms with Crippen LogP contribution in [-0.2, 0) is 7.05 Å². The van der Waals surface area contributed by atoms with Crippen molar-refractivity contribution in [3.05, 3.63) is 18.2 Å². The van der Waals surface area contributed by atoms with Gasteiger partial charge in [-0.3, -0.25) is 0 Å². The third kappa shape index (κ3) is 4.60.